The first kappa shape index (κ1) is 18.1. The highest BCUT2D eigenvalue weighted by atomic mass is 32.1. The Bertz CT molecular complexity index is 989. The Hall–Kier alpha value is -2.23. The van der Waals surface area contributed by atoms with Gasteiger partial charge < -0.3 is 25.0 Å². The van der Waals surface area contributed by atoms with Crippen molar-refractivity contribution in [2.45, 2.75) is 46.1 Å². The third-order valence-electron chi connectivity index (χ3n) is 5.74. The Morgan fingerprint density at radius 3 is 2.78 bits per heavy atom. The van der Waals surface area contributed by atoms with Crippen molar-refractivity contribution in [3.8, 4) is 0 Å². The smallest absolute Gasteiger partial charge is 0.250 e. The average Bonchev–Trinajstić information content (AvgIpc) is 3.16. The molecule has 27 heavy (non-hydrogen) atoms. The summed E-state index contributed by atoms with van der Waals surface area (Å²) in [5.41, 5.74) is 1.34. The van der Waals surface area contributed by atoms with Crippen LogP contribution in [0.3, 0.4) is 0 Å². The fourth-order valence-corrected chi connectivity index (χ4v) is 5.46. The number of β-lactam (4-membered cyclic amide) rings is 1. The van der Waals surface area contributed by atoms with Crippen molar-refractivity contribution in [2.24, 2.45) is 11.8 Å². The standard InChI is InChI=1S/C18H21N3O5S/c1-8-11(4-19-5-13-20(7-19)12(6-22)10(3)27-13)16(18(25)26)21-15(8)14(9(2)23)17(21)24/h5,7-9,14-15,22-23H,4,6H2,1-3H3/t8-,9+,14+,15+/m0/s1. The minimum absolute atomic E-state index is 0.0741. The molecule has 0 saturated carbocycles. The van der Waals surface area contributed by atoms with Gasteiger partial charge in [0.1, 0.15) is 25.0 Å². The zero-order valence-electron chi connectivity index (χ0n) is 15.2. The molecule has 1 fully saturated rings. The second-order valence-electron chi connectivity index (χ2n) is 7.30. The third kappa shape index (κ3) is 2.45. The van der Waals surface area contributed by atoms with Crippen molar-refractivity contribution in [3.63, 3.8) is 0 Å². The Kier molecular flexibility index (Phi) is 4.13. The van der Waals surface area contributed by atoms with Crippen LogP contribution in [-0.4, -0.2) is 43.5 Å². The molecule has 0 radical (unpaired) electrons. The average molecular weight is 391 g/mol. The third-order valence-corrected chi connectivity index (χ3v) is 6.80. The monoisotopic (exact) mass is 391 g/mol. The maximum atomic E-state index is 12.4. The first-order chi connectivity index (χ1) is 12.8. The van der Waals surface area contributed by atoms with Gasteiger partial charge in [0.25, 0.3) is 0 Å². The Morgan fingerprint density at radius 1 is 1.48 bits per heavy atom. The number of rotatable bonds is 5. The quantitative estimate of drug-likeness (QED) is 0.499. The maximum Gasteiger partial charge on any atom is 0.250 e. The number of fused-ring (bicyclic) bond motifs is 2. The number of amides is 1. The summed E-state index contributed by atoms with van der Waals surface area (Å²) >= 11 is 1.55. The van der Waals surface area contributed by atoms with E-state index in [0.29, 0.717) is 12.1 Å². The molecule has 0 aliphatic carbocycles. The molecule has 4 heterocycles. The molecule has 144 valence electrons. The minimum Gasteiger partial charge on any atom is -0.543 e. The number of carboxylic acid groups (broad SMARTS) is 1. The van der Waals surface area contributed by atoms with E-state index in [9.17, 15) is 24.9 Å². The van der Waals surface area contributed by atoms with Gasteiger partial charge in [0.05, 0.1) is 34.6 Å². The normalized spacial score (nSPS) is 25.9. The van der Waals surface area contributed by atoms with Crippen LogP contribution in [0.25, 0.3) is 4.83 Å². The van der Waals surface area contributed by atoms with Gasteiger partial charge in [-0.1, -0.05) is 18.3 Å². The minimum atomic E-state index is -1.37. The highest BCUT2D eigenvalue weighted by Gasteiger charge is 2.58. The molecule has 2 aliphatic heterocycles. The van der Waals surface area contributed by atoms with E-state index < -0.39 is 18.0 Å². The van der Waals surface area contributed by atoms with Crippen LogP contribution in [0.1, 0.15) is 24.4 Å². The van der Waals surface area contributed by atoms with E-state index in [2.05, 4.69) is 0 Å². The molecular formula is C18H21N3O5S. The summed E-state index contributed by atoms with van der Waals surface area (Å²) in [6.45, 7) is 5.60. The number of aliphatic carboxylic acids is 1. The summed E-state index contributed by atoms with van der Waals surface area (Å²) in [7, 11) is 0. The van der Waals surface area contributed by atoms with E-state index >= 15 is 0 Å². The highest BCUT2D eigenvalue weighted by molar-refractivity contribution is 7.17. The molecule has 0 spiro atoms. The lowest BCUT2D eigenvalue weighted by Gasteiger charge is -2.47. The topological polar surface area (TPSA) is 109 Å². The second kappa shape index (κ2) is 6.15. The van der Waals surface area contributed by atoms with Crippen LogP contribution in [0.5, 0.6) is 0 Å². The summed E-state index contributed by atoms with van der Waals surface area (Å²) < 4.78 is 3.74. The number of aliphatic hydroxyl groups excluding tert-OH is 2. The number of thiazole rings is 1. The largest absolute Gasteiger partial charge is 0.543 e. The van der Waals surface area contributed by atoms with Gasteiger partial charge in [0.15, 0.2) is 0 Å². The van der Waals surface area contributed by atoms with Gasteiger partial charge in [0, 0.05) is 11.5 Å². The van der Waals surface area contributed by atoms with E-state index in [1.54, 1.807) is 18.3 Å². The van der Waals surface area contributed by atoms with Gasteiger partial charge in [-0.15, -0.1) is 0 Å². The predicted octanol–water partition coefficient (Wildman–Crippen LogP) is -1.05. The van der Waals surface area contributed by atoms with Gasteiger partial charge >= 0.3 is 0 Å². The number of imidazole rings is 1. The lowest BCUT2D eigenvalue weighted by atomic mass is 9.78. The number of aromatic nitrogens is 2. The van der Waals surface area contributed by atoms with Crippen LogP contribution >= 0.6 is 11.3 Å². The first-order valence-corrected chi connectivity index (χ1v) is 9.63. The first-order valence-electron chi connectivity index (χ1n) is 8.82. The van der Waals surface area contributed by atoms with Crippen molar-refractivity contribution >= 4 is 28.0 Å². The van der Waals surface area contributed by atoms with Gasteiger partial charge in [-0.05, 0) is 13.8 Å². The van der Waals surface area contributed by atoms with E-state index in [1.165, 1.54) is 4.90 Å². The number of hydrogen-bond acceptors (Lipinski definition) is 6. The molecule has 4 atom stereocenters. The number of carbonyl (C=O) groups is 2. The van der Waals surface area contributed by atoms with E-state index in [-0.39, 0.29) is 30.2 Å². The SMILES string of the molecule is Cc1sc2c[n+](CC3=C(C(=O)[O-])N4C(=O)[C@H]([C@@H](C)O)[C@H]4[C@H]3C)cn2c1CO. The van der Waals surface area contributed by atoms with Gasteiger partial charge in [-0.25, -0.2) is 4.57 Å². The number of aliphatic hydroxyl groups is 2. The number of carboxylic acids is 1. The van der Waals surface area contributed by atoms with Crippen molar-refractivity contribution < 1.29 is 29.5 Å². The molecule has 0 aromatic carbocycles. The fraction of sp³-hybridized carbons (Fsp3) is 0.500. The number of hydrogen-bond donors (Lipinski definition) is 2. The van der Waals surface area contributed by atoms with Crippen LogP contribution in [0.4, 0.5) is 0 Å². The summed E-state index contributed by atoms with van der Waals surface area (Å²) in [5, 5.41) is 31.2. The molecule has 2 aromatic rings. The lowest BCUT2D eigenvalue weighted by Crippen LogP contribution is -2.64. The zero-order valence-corrected chi connectivity index (χ0v) is 16.1. The van der Waals surface area contributed by atoms with Crippen LogP contribution in [0.2, 0.25) is 0 Å². The number of carbonyl (C=O) groups excluding carboxylic acids is 2. The van der Waals surface area contributed by atoms with Crippen molar-refractivity contribution in [1.82, 2.24) is 9.30 Å². The highest BCUT2D eigenvalue weighted by Crippen LogP contribution is 2.46. The van der Waals surface area contributed by atoms with Crippen molar-refractivity contribution in [1.29, 1.82) is 0 Å². The van der Waals surface area contributed by atoms with E-state index in [4.69, 9.17) is 0 Å². The van der Waals surface area contributed by atoms with Gasteiger partial charge in [-0.3, -0.25) is 4.79 Å². The fourth-order valence-electron chi connectivity index (χ4n) is 4.42. The van der Waals surface area contributed by atoms with Crippen LogP contribution in [-0.2, 0) is 22.7 Å². The van der Waals surface area contributed by atoms with Crippen LogP contribution in [0, 0.1) is 18.8 Å². The zero-order chi connectivity index (χ0) is 19.6. The molecule has 8 nitrogen and oxygen atoms in total. The van der Waals surface area contributed by atoms with Crippen LogP contribution in [0.15, 0.2) is 23.8 Å². The number of aryl methyl sites for hydroxylation is 1. The summed E-state index contributed by atoms with van der Waals surface area (Å²) in [6, 6.07) is -0.347. The molecule has 0 unspecified atom stereocenters. The molecule has 2 aromatic heterocycles. The summed E-state index contributed by atoms with van der Waals surface area (Å²) in [4.78, 5) is 27.4. The molecular weight excluding hydrogens is 370 g/mol. The van der Waals surface area contributed by atoms with Crippen molar-refractivity contribution in [3.05, 3.63) is 34.4 Å². The Morgan fingerprint density at radius 2 is 2.19 bits per heavy atom. The van der Waals surface area contributed by atoms with E-state index in [1.807, 2.05) is 35.3 Å². The van der Waals surface area contributed by atoms with Crippen molar-refractivity contribution in [2.75, 3.05) is 0 Å². The Labute approximate surface area is 159 Å². The molecule has 4 rings (SSSR count). The Balaban J connectivity index is 1.71. The number of nitrogens with zero attached hydrogens (tertiary/aromatic N) is 3. The summed E-state index contributed by atoms with van der Waals surface area (Å²) in [6.07, 6.45) is 2.89. The molecule has 2 N–H and O–H groups in total. The molecule has 1 saturated heterocycles. The van der Waals surface area contributed by atoms with Gasteiger partial charge in [0.2, 0.25) is 17.1 Å². The second-order valence-corrected chi connectivity index (χ2v) is 8.54. The van der Waals surface area contributed by atoms with E-state index in [0.717, 1.165) is 15.4 Å². The molecule has 2 aliphatic rings. The maximum absolute atomic E-state index is 12.4. The van der Waals surface area contributed by atoms with Gasteiger partial charge in [-0.2, -0.15) is 4.40 Å². The van der Waals surface area contributed by atoms with Crippen LogP contribution < -0.4 is 9.67 Å². The lowest BCUT2D eigenvalue weighted by molar-refractivity contribution is -0.688. The molecule has 9 heteroatoms. The summed E-state index contributed by atoms with van der Waals surface area (Å²) in [5.74, 6) is -2.51. The molecule has 1 amide bonds. The predicted molar refractivity (Wildman–Crippen MR) is 93.1 cm³/mol. The molecule has 0 bridgehead atoms.